The molecule has 0 saturated heterocycles. The van der Waals surface area contributed by atoms with Crippen molar-refractivity contribution in [1.82, 2.24) is 4.40 Å². The van der Waals surface area contributed by atoms with Gasteiger partial charge < -0.3 is 9.14 Å². The quantitative estimate of drug-likeness (QED) is 0.396. The highest BCUT2D eigenvalue weighted by atomic mass is 32.1. The van der Waals surface area contributed by atoms with Gasteiger partial charge in [-0.15, -0.1) is 16.0 Å². The maximum atomic E-state index is 12.1. The predicted molar refractivity (Wildman–Crippen MR) is 104 cm³/mol. The van der Waals surface area contributed by atoms with Gasteiger partial charge in [-0.25, -0.2) is 10.0 Å². The molecule has 1 N–H and O–H groups in total. The molecular weight excluding hydrogens is 348 g/mol. The van der Waals surface area contributed by atoms with Crippen LogP contribution in [0.3, 0.4) is 0 Å². The van der Waals surface area contributed by atoms with E-state index < -0.39 is 4.65 Å². The van der Waals surface area contributed by atoms with E-state index in [1.807, 2.05) is 34.2 Å². The van der Waals surface area contributed by atoms with Crippen molar-refractivity contribution in [2.75, 3.05) is 14.1 Å². The first-order chi connectivity index (χ1) is 12.3. The van der Waals surface area contributed by atoms with E-state index in [9.17, 15) is 10.0 Å². The number of nitrogens with zero attached hydrogens (tertiary/aromatic N) is 2. The first-order valence-corrected chi connectivity index (χ1v) is 9.61. The minimum Gasteiger partial charge on any atom is -0.491 e. The van der Waals surface area contributed by atoms with Gasteiger partial charge in [0.15, 0.2) is 0 Å². The number of fused-ring (bicyclic) bond motifs is 1. The second-order valence-corrected chi connectivity index (χ2v) is 7.88. The molecule has 6 heteroatoms. The fourth-order valence-electron chi connectivity index (χ4n) is 2.64. The Morgan fingerprint density at radius 2 is 2.08 bits per heavy atom. The standard InChI is InChI=1S/C20H25N2O3S/c1-5-14(2)25-18-8-6-7-15(9-18)16-10-19-21(12-16)17(13-26-19)11-20(23)22(3,4)24/h6-10,12-14,24H,5,11H2,1-4H3/q+1. The van der Waals surface area contributed by atoms with Crippen molar-refractivity contribution in [3.63, 3.8) is 0 Å². The van der Waals surface area contributed by atoms with E-state index in [4.69, 9.17) is 4.74 Å². The van der Waals surface area contributed by atoms with Crippen LogP contribution in [0, 0.1) is 0 Å². The summed E-state index contributed by atoms with van der Waals surface area (Å²) >= 11 is 1.59. The molecule has 0 aliphatic rings. The Morgan fingerprint density at radius 3 is 2.77 bits per heavy atom. The molecule has 26 heavy (non-hydrogen) atoms. The molecule has 138 valence electrons. The Kier molecular flexibility index (Phi) is 5.18. The van der Waals surface area contributed by atoms with Crippen LogP contribution in [-0.4, -0.2) is 40.4 Å². The molecule has 0 radical (unpaired) electrons. The fraction of sp³-hybridized carbons (Fsp3) is 0.350. The van der Waals surface area contributed by atoms with Gasteiger partial charge in [0.1, 0.15) is 26.3 Å². The Balaban J connectivity index is 1.88. The van der Waals surface area contributed by atoms with E-state index in [1.165, 1.54) is 14.1 Å². The van der Waals surface area contributed by atoms with Crippen molar-refractivity contribution >= 4 is 22.1 Å². The summed E-state index contributed by atoms with van der Waals surface area (Å²) in [5, 5.41) is 11.8. The van der Waals surface area contributed by atoms with E-state index in [1.54, 1.807) is 11.3 Å². The van der Waals surface area contributed by atoms with Gasteiger partial charge in [0, 0.05) is 22.8 Å². The summed E-state index contributed by atoms with van der Waals surface area (Å²) in [6.07, 6.45) is 3.37. The number of likely N-dealkylation sites (N-methyl/N-ethyl adjacent to an activating group) is 1. The maximum absolute atomic E-state index is 12.1. The molecule has 1 unspecified atom stereocenters. The third-order valence-corrected chi connectivity index (χ3v) is 5.38. The summed E-state index contributed by atoms with van der Waals surface area (Å²) in [6.45, 7) is 4.16. The number of aromatic nitrogens is 1. The smallest absolute Gasteiger partial charge is 0.351 e. The van der Waals surface area contributed by atoms with Crippen LogP contribution in [0.2, 0.25) is 0 Å². The molecule has 3 rings (SSSR count). The number of benzene rings is 1. The van der Waals surface area contributed by atoms with Crippen molar-refractivity contribution in [3.8, 4) is 16.9 Å². The largest absolute Gasteiger partial charge is 0.491 e. The normalized spacial score (nSPS) is 13.1. The SMILES string of the molecule is CCC(C)Oc1cccc(-c2cc3scc(CC(=O)[N+](C)(C)O)n3c2)c1. The molecule has 3 aromatic rings. The third kappa shape index (κ3) is 3.98. The molecule has 1 aromatic carbocycles. The van der Waals surface area contributed by atoms with Gasteiger partial charge in [0.05, 0.1) is 10.9 Å². The second-order valence-electron chi connectivity index (χ2n) is 6.99. The van der Waals surface area contributed by atoms with Crippen LogP contribution in [0.15, 0.2) is 41.9 Å². The van der Waals surface area contributed by atoms with Crippen molar-refractivity contribution in [2.45, 2.75) is 32.8 Å². The molecule has 0 aliphatic heterocycles. The molecule has 0 aliphatic carbocycles. The highest BCUT2D eigenvalue weighted by molar-refractivity contribution is 7.15. The van der Waals surface area contributed by atoms with Crippen LogP contribution < -0.4 is 4.74 Å². The number of carbonyl (C=O) groups excluding carboxylic acids is 1. The lowest BCUT2D eigenvalue weighted by molar-refractivity contribution is -1.01. The number of amides is 1. The van der Waals surface area contributed by atoms with Crippen LogP contribution in [0.4, 0.5) is 0 Å². The monoisotopic (exact) mass is 373 g/mol. The average molecular weight is 373 g/mol. The Hall–Kier alpha value is -2.15. The molecule has 5 nitrogen and oxygen atoms in total. The van der Waals surface area contributed by atoms with E-state index in [2.05, 4.69) is 26.0 Å². The number of hydrogen-bond donors (Lipinski definition) is 1. The molecule has 1 atom stereocenters. The highest BCUT2D eigenvalue weighted by Gasteiger charge is 2.25. The minimum absolute atomic E-state index is 0.181. The van der Waals surface area contributed by atoms with Crippen molar-refractivity contribution in [1.29, 1.82) is 0 Å². The van der Waals surface area contributed by atoms with Gasteiger partial charge in [-0.05, 0) is 37.1 Å². The molecule has 2 aromatic heterocycles. The van der Waals surface area contributed by atoms with Crippen LogP contribution in [0.25, 0.3) is 16.0 Å². The zero-order valence-electron chi connectivity index (χ0n) is 15.6. The number of hydrogen-bond acceptors (Lipinski definition) is 4. The topological polar surface area (TPSA) is 50.9 Å². The Bertz CT molecular complexity index is 921. The zero-order valence-corrected chi connectivity index (χ0v) is 16.4. The molecule has 2 heterocycles. The summed E-state index contributed by atoms with van der Waals surface area (Å²) in [5.41, 5.74) is 3.05. The van der Waals surface area contributed by atoms with Gasteiger partial charge in [0.25, 0.3) is 0 Å². The Labute approximate surface area is 157 Å². The predicted octanol–water partition coefficient (Wildman–Crippen LogP) is 4.38. The summed E-state index contributed by atoms with van der Waals surface area (Å²) < 4.78 is 7.27. The molecule has 0 spiro atoms. The van der Waals surface area contributed by atoms with E-state index >= 15 is 0 Å². The first-order valence-electron chi connectivity index (χ1n) is 8.73. The lowest BCUT2D eigenvalue weighted by Crippen LogP contribution is -2.43. The minimum atomic E-state index is -0.666. The number of thiazole rings is 1. The molecule has 0 saturated carbocycles. The number of quaternary nitrogens is 1. The second kappa shape index (κ2) is 7.23. The molecule has 0 bridgehead atoms. The van der Waals surface area contributed by atoms with Crippen molar-refractivity contribution in [2.24, 2.45) is 0 Å². The van der Waals surface area contributed by atoms with Crippen LogP contribution in [-0.2, 0) is 11.2 Å². The summed E-state index contributed by atoms with van der Waals surface area (Å²) in [5.74, 6) is 0.616. The van der Waals surface area contributed by atoms with Crippen molar-refractivity contribution in [3.05, 3.63) is 47.6 Å². The zero-order chi connectivity index (χ0) is 18.9. The van der Waals surface area contributed by atoms with E-state index in [0.717, 1.165) is 33.8 Å². The van der Waals surface area contributed by atoms with Crippen LogP contribution in [0.5, 0.6) is 5.75 Å². The first kappa shape index (κ1) is 18.6. The van der Waals surface area contributed by atoms with Crippen LogP contribution in [0.1, 0.15) is 26.0 Å². The lowest BCUT2D eigenvalue weighted by Gasteiger charge is -2.16. The van der Waals surface area contributed by atoms with Gasteiger partial charge in [-0.3, -0.25) is 0 Å². The number of ether oxygens (including phenoxy) is 1. The molecule has 1 amide bonds. The lowest BCUT2D eigenvalue weighted by atomic mass is 10.1. The van der Waals surface area contributed by atoms with Gasteiger partial charge in [-0.2, -0.15) is 0 Å². The number of rotatable bonds is 6. The summed E-state index contributed by atoms with van der Waals surface area (Å²) in [6, 6.07) is 10.2. The summed E-state index contributed by atoms with van der Waals surface area (Å²) in [4.78, 5) is 13.2. The number of carbonyl (C=O) groups is 1. The average Bonchev–Trinajstić information content (AvgIpc) is 3.16. The number of hydroxylamine groups is 3. The highest BCUT2D eigenvalue weighted by Crippen LogP contribution is 2.30. The third-order valence-electron chi connectivity index (χ3n) is 4.43. The van der Waals surface area contributed by atoms with Crippen LogP contribution >= 0.6 is 11.3 Å². The van der Waals surface area contributed by atoms with E-state index in [0.29, 0.717) is 0 Å². The van der Waals surface area contributed by atoms with E-state index in [-0.39, 0.29) is 18.4 Å². The van der Waals surface area contributed by atoms with Crippen molar-refractivity contribution < 1.29 is 19.4 Å². The van der Waals surface area contributed by atoms with Gasteiger partial charge >= 0.3 is 5.91 Å². The summed E-state index contributed by atoms with van der Waals surface area (Å²) in [7, 11) is 2.94. The molecule has 0 fully saturated rings. The fourth-order valence-corrected chi connectivity index (χ4v) is 3.57. The molecular formula is C20H25N2O3S+. The Morgan fingerprint density at radius 1 is 1.31 bits per heavy atom. The van der Waals surface area contributed by atoms with Gasteiger partial charge in [0.2, 0.25) is 0 Å². The van der Waals surface area contributed by atoms with Gasteiger partial charge in [-0.1, -0.05) is 19.1 Å². The maximum Gasteiger partial charge on any atom is 0.351 e.